The van der Waals surface area contributed by atoms with E-state index in [1.54, 1.807) is 42.5 Å². The summed E-state index contributed by atoms with van der Waals surface area (Å²) in [6, 6.07) is 21.6. The normalized spacial score (nSPS) is 12.9. The molecule has 6 nitrogen and oxygen atoms in total. The standard InChI is InChI=1S/C22H19N3O3/c26-21(23-15-9-10-15)19-7-4-8-20(25-19)22(27)24-16-11-13-18(14-12-16)28-17-5-2-1-3-6-17/h1-8,11-15H,9-10H2,(H,23,26)(H,24,27). The van der Waals surface area contributed by atoms with Crippen molar-refractivity contribution in [2.75, 3.05) is 5.32 Å². The maximum Gasteiger partial charge on any atom is 0.274 e. The van der Waals surface area contributed by atoms with Gasteiger partial charge in [-0.15, -0.1) is 0 Å². The zero-order valence-corrected chi connectivity index (χ0v) is 15.1. The average molecular weight is 373 g/mol. The molecule has 28 heavy (non-hydrogen) atoms. The van der Waals surface area contributed by atoms with Gasteiger partial charge in [0.15, 0.2) is 0 Å². The number of carbonyl (C=O) groups excluding carboxylic acids is 2. The molecule has 6 heteroatoms. The van der Waals surface area contributed by atoms with Crippen molar-refractivity contribution in [1.29, 1.82) is 0 Å². The molecule has 0 aliphatic heterocycles. The number of nitrogens with one attached hydrogen (secondary N) is 2. The molecule has 140 valence electrons. The van der Waals surface area contributed by atoms with Gasteiger partial charge in [0, 0.05) is 11.7 Å². The Labute approximate surface area is 162 Å². The van der Waals surface area contributed by atoms with E-state index in [9.17, 15) is 9.59 Å². The van der Waals surface area contributed by atoms with E-state index in [4.69, 9.17) is 4.74 Å². The van der Waals surface area contributed by atoms with Crippen molar-refractivity contribution >= 4 is 17.5 Å². The van der Waals surface area contributed by atoms with Gasteiger partial charge in [-0.2, -0.15) is 0 Å². The van der Waals surface area contributed by atoms with Gasteiger partial charge in [0.1, 0.15) is 22.9 Å². The van der Waals surface area contributed by atoms with Crippen LogP contribution >= 0.6 is 0 Å². The number of rotatable bonds is 6. The lowest BCUT2D eigenvalue weighted by molar-refractivity contribution is 0.0946. The van der Waals surface area contributed by atoms with Gasteiger partial charge < -0.3 is 15.4 Å². The van der Waals surface area contributed by atoms with Crippen LogP contribution < -0.4 is 15.4 Å². The Morgan fingerprint density at radius 2 is 1.43 bits per heavy atom. The summed E-state index contributed by atoms with van der Waals surface area (Å²) >= 11 is 0. The summed E-state index contributed by atoms with van der Waals surface area (Å²) in [5.41, 5.74) is 1.04. The number of para-hydroxylation sites is 1. The fourth-order valence-electron chi connectivity index (χ4n) is 2.60. The van der Waals surface area contributed by atoms with E-state index < -0.39 is 0 Å². The first-order valence-electron chi connectivity index (χ1n) is 9.09. The first-order chi connectivity index (χ1) is 13.7. The number of anilines is 1. The molecule has 0 radical (unpaired) electrons. The Balaban J connectivity index is 1.39. The fourth-order valence-corrected chi connectivity index (χ4v) is 2.60. The van der Waals surface area contributed by atoms with Gasteiger partial charge in [-0.3, -0.25) is 9.59 Å². The Morgan fingerprint density at radius 3 is 2.11 bits per heavy atom. The van der Waals surface area contributed by atoms with E-state index in [0.29, 0.717) is 11.4 Å². The Kier molecular flexibility index (Phi) is 5.01. The van der Waals surface area contributed by atoms with Crippen LogP contribution in [0.15, 0.2) is 72.8 Å². The molecule has 1 saturated carbocycles. The maximum absolute atomic E-state index is 12.5. The van der Waals surface area contributed by atoms with Crippen LogP contribution in [0.2, 0.25) is 0 Å². The average Bonchev–Trinajstić information content (AvgIpc) is 3.54. The van der Waals surface area contributed by atoms with E-state index in [0.717, 1.165) is 18.6 Å². The second kappa shape index (κ2) is 7.92. The molecule has 1 fully saturated rings. The number of nitrogens with zero attached hydrogens (tertiary/aromatic N) is 1. The molecular formula is C22H19N3O3. The van der Waals surface area contributed by atoms with Gasteiger partial charge in [-0.25, -0.2) is 4.98 Å². The summed E-state index contributed by atoms with van der Waals surface area (Å²) in [7, 11) is 0. The summed E-state index contributed by atoms with van der Waals surface area (Å²) in [5, 5.41) is 5.64. The van der Waals surface area contributed by atoms with E-state index in [-0.39, 0.29) is 29.2 Å². The minimum atomic E-state index is -0.377. The molecule has 1 heterocycles. The second-order valence-electron chi connectivity index (χ2n) is 6.55. The minimum absolute atomic E-state index is 0.188. The highest BCUT2D eigenvalue weighted by molar-refractivity contribution is 6.03. The van der Waals surface area contributed by atoms with E-state index in [1.165, 1.54) is 0 Å². The Hall–Kier alpha value is -3.67. The molecule has 4 rings (SSSR count). The number of hydrogen-bond donors (Lipinski definition) is 2. The predicted octanol–water partition coefficient (Wildman–Crippen LogP) is 4.02. The molecule has 0 saturated heterocycles. The summed E-state index contributed by atoms with van der Waals surface area (Å²) in [6.07, 6.45) is 1.99. The van der Waals surface area contributed by atoms with Crippen molar-refractivity contribution < 1.29 is 14.3 Å². The Bertz CT molecular complexity index is 983. The summed E-state index contributed by atoms with van der Waals surface area (Å²) in [5.74, 6) is 0.781. The molecule has 1 aromatic heterocycles. The molecule has 1 aliphatic rings. The topological polar surface area (TPSA) is 80.3 Å². The van der Waals surface area contributed by atoms with Crippen LogP contribution in [0.4, 0.5) is 5.69 Å². The lowest BCUT2D eigenvalue weighted by Crippen LogP contribution is -2.27. The van der Waals surface area contributed by atoms with Gasteiger partial charge >= 0.3 is 0 Å². The fraction of sp³-hybridized carbons (Fsp3) is 0.136. The van der Waals surface area contributed by atoms with Crippen LogP contribution in [0.5, 0.6) is 11.5 Å². The predicted molar refractivity (Wildman–Crippen MR) is 106 cm³/mol. The molecule has 2 aromatic carbocycles. The number of benzene rings is 2. The van der Waals surface area contributed by atoms with E-state index in [1.807, 2.05) is 30.3 Å². The van der Waals surface area contributed by atoms with Gasteiger partial charge in [0.2, 0.25) is 0 Å². The van der Waals surface area contributed by atoms with Crippen LogP contribution in [0, 0.1) is 0 Å². The van der Waals surface area contributed by atoms with Gasteiger partial charge in [-0.1, -0.05) is 24.3 Å². The largest absolute Gasteiger partial charge is 0.457 e. The first-order valence-corrected chi connectivity index (χ1v) is 9.09. The molecule has 0 atom stereocenters. The SMILES string of the molecule is O=C(Nc1ccc(Oc2ccccc2)cc1)c1cccc(C(=O)NC2CC2)n1. The van der Waals surface area contributed by atoms with Crippen LogP contribution in [-0.4, -0.2) is 22.8 Å². The maximum atomic E-state index is 12.5. The van der Waals surface area contributed by atoms with Crippen molar-refractivity contribution in [3.8, 4) is 11.5 Å². The van der Waals surface area contributed by atoms with Crippen LogP contribution in [-0.2, 0) is 0 Å². The van der Waals surface area contributed by atoms with Gasteiger partial charge in [-0.05, 0) is 61.4 Å². The number of aromatic nitrogens is 1. The van der Waals surface area contributed by atoms with Gasteiger partial charge in [0.05, 0.1) is 0 Å². The third-order valence-corrected chi connectivity index (χ3v) is 4.22. The quantitative estimate of drug-likeness (QED) is 0.684. The molecule has 2 amide bonds. The lowest BCUT2D eigenvalue weighted by atomic mass is 10.2. The molecular weight excluding hydrogens is 354 g/mol. The van der Waals surface area contributed by atoms with E-state index in [2.05, 4.69) is 15.6 Å². The number of amides is 2. The monoisotopic (exact) mass is 373 g/mol. The first kappa shape index (κ1) is 17.7. The number of pyridine rings is 1. The zero-order valence-electron chi connectivity index (χ0n) is 15.1. The molecule has 0 unspecified atom stereocenters. The van der Waals surface area contributed by atoms with Crippen LogP contribution in [0.25, 0.3) is 0 Å². The van der Waals surface area contributed by atoms with Crippen LogP contribution in [0.1, 0.15) is 33.8 Å². The van der Waals surface area contributed by atoms with Crippen molar-refractivity contribution in [2.24, 2.45) is 0 Å². The molecule has 2 N–H and O–H groups in total. The number of hydrogen-bond acceptors (Lipinski definition) is 4. The molecule has 0 spiro atoms. The smallest absolute Gasteiger partial charge is 0.274 e. The lowest BCUT2D eigenvalue weighted by Gasteiger charge is -2.08. The van der Waals surface area contributed by atoms with Crippen molar-refractivity contribution in [3.63, 3.8) is 0 Å². The molecule has 3 aromatic rings. The molecule has 1 aliphatic carbocycles. The summed E-state index contributed by atoms with van der Waals surface area (Å²) in [4.78, 5) is 28.7. The Morgan fingerprint density at radius 1 is 0.786 bits per heavy atom. The van der Waals surface area contributed by atoms with Crippen molar-refractivity contribution in [3.05, 3.63) is 84.2 Å². The summed E-state index contributed by atoms with van der Waals surface area (Å²) in [6.45, 7) is 0. The zero-order chi connectivity index (χ0) is 19.3. The van der Waals surface area contributed by atoms with E-state index >= 15 is 0 Å². The number of carbonyl (C=O) groups is 2. The highest BCUT2D eigenvalue weighted by Crippen LogP contribution is 2.23. The highest BCUT2D eigenvalue weighted by atomic mass is 16.5. The second-order valence-corrected chi connectivity index (χ2v) is 6.55. The van der Waals surface area contributed by atoms with Crippen molar-refractivity contribution in [1.82, 2.24) is 10.3 Å². The van der Waals surface area contributed by atoms with Crippen molar-refractivity contribution in [2.45, 2.75) is 18.9 Å². The summed E-state index contributed by atoms with van der Waals surface area (Å²) < 4.78 is 5.73. The molecule has 0 bridgehead atoms. The van der Waals surface area contributed by atoms with Gasteiger partial charge in [0.25, 0.3) is 11.8 Å². The minimum Gasteiger partial charge on any atom is -0.457 e. The highest BCUT2D eigenvalue weighted by Gasteiger charge is 2.24. The third-order valence-electron chi connectivity index (χ3n) is 4.22. The third kappa shape index (κ3) is 4.54. The van der Waals surface area contributed by atoms with Crippen LogP contribution in [0.3, 0.4) is 0 Å². The number of ether oxygens (including phenoxy) is 1.